The van der Waals surface area contributed by atoms with Gasteiger partial charge in [0, 0.05) is 29.4 Å². The summed E-state index contributed by atoms with van der Waals surface area (Å²) in [7, 11) is 1.31. The number of nitrogens with one attached hydrogen (secondary N) is 3. The molecule has 0 aliphatic carbocycles. The van der Waals surface area contributed by atoms with Crippen molar-refractivity contribution in [3.8, 4) is 5.75 Å². The molecule has 1 amide bonds. The number of carbonyl (C=O) groups excluding carboxylic acids is 2. The van der Waals surface area contributed by atoms with Gasteiger partial charge in [-0.1, -0.05) is 34.3 Å². The normalized spacial score (nSPS) is 11.6. The van der Waals surface area contributed by atoms with Gasteiger partial charge in [0.25, 0.3) is 0 Å². The Labute approximate surface area is 229 Å². The van der Waals surface area contributed by atoms with E-state index in [-0.39, 0.29) is 17.6 Å². The van der Waals surface area contributed by atoms with Crippen LogP contribution in [0.5, 0.6) is 5.75 Å². The van der Waals surface area contributed by atoms with Gasteiger partial charge in [-0.3, -0.25) is 9.59 Å². The Morgan fingerprint density at radius 1 is 1.15 bits per heavy atom. The van der Waals surface area contributed by atoms with Gasteiger partial charge in [0.1, 0.15) is 18.2 Å². The molecule has 4 N–H and O–H groups in total. The van der Waals surface area contributed by atoms with Crippen molar-refractivity contribution in [1.82, 2.24) is 4.98 Å². The van der Waals surface area contributed by atoms with Crippen LogP contribution < -0.4 is 15.4 Å². The number of ketones is 1. The number of rotatable bonds is 13. The number of alkyl halides is 2. The van der Waals surface area contributed by atoms with E-state index in [0.29, 0.717) is 34.9 Å². The zero-order valence-corrected chi connectivity index (χ0v) is 23.6. The molecule has 0 spiro atoms. The molecule has 0 saturated heterocycles. The van der Waals surface area contributed by atoms with Crippen LogP contribution in [0.15, 0.2) is 48.9 Å². The molecule has 8 nitrogen and oxygen atoms in total. The summed E-state index contributed by atoms with van der Waals surface area (Å²) in [5.74, 6) is -5.24. The highest BCUT2D eigenvalue weighted by molar-refractivity contribution is 7.17. The van der Waals surface area contributed by atoms with Crippen molar-refractivity contribution < 1.29 is 32.6 Å². The minimum absolute atomic E-state index is 0.0116. The first kappa shape index (κ1) is 33.7. The van der Waals surface area contributed by atoms with E-state index in [9.17, 15) is 22.8 Å². The number of allylic oxidation sites excluding steroid dienone is 1. The molecule has 1 aromatic heterocycles. The van der Waals surface area contributed by atoms with Crippen molar-refractivity contribution >= 4 is 43.8 Å². The largest absolute Gasteiger partial charge is 0.430 e. The van der Waals surface area contributed by atoms with Gasteiger partial charge < -0.3 is 25.9 Å². The van der Waals surface area contributed by atoms with Gasteiger partial charge in [-0.25, -0.2) is 9.37 Å². The summed E-state index contributed by atoms with van der Waals surface area (Å²) >= 11 is 0. The topological polar surface area (TPSA) is 124 Å². The molecule has 0 bridgehead atoms. The van der Waals surface area contributed by atoms with Crippen LogP contribution in [0, 0.1) is 17.2 Å². The number of nitrogens with zero attached hydrogens (tertiary/aromatic N) is 1. The van der Waals surface area contributed by atoms with Crippen molar-refractivity contribution in [2.75, 3.05) is 17.2 Å². The Morgan fingerprint density at radius 2 is 1.74 bits per heavy atom. The maximum atomic E-state index is 13.0. The Bertz CT molecular complexity index is 1140. The van der Waals surface area contributed by atoms with Gasteiger partial charge in [-0.15, -0.1) is 0 Å². The molecule has 0 fully saturated rings. The monoisotopic (exact) mass is 568 g/mol. The number of carbonyl (C=O) groups is 2. The van der Waals surface area contributed by atoms with E-state index < -0.39 is 30.0 Å². The molecule has 39 heavy (non-hydrogen) atoms. The van der Waals surface area contributed by atoms with Crippen molar-refractivity contribution in [2.24, 2.45) is 11.8 Å². The summed E-state index contributed by atoms with van der Waals surface area (Å²) in [5.41, 5.74) is 1.59. The number of aromatic nitrogens is 1. The highest BCUT2D eigenvalue weighted by atomic mass is 31.0. The van der Waals surface area contributed by atoms with E-state index >= 15 is 0 Å². The van der Waals surface area contributed by atoms with E-state index in [0.717, 1.165) is 12.8 Å². The molecule has 2 unspecified atom stereocenters. The molecule has 0 radical (unpaired) electrons. The number of amides is 1. The molecule has 0 saturated carbocycles. The average molecular weight is 569 g/mol. The van der Waals surface area contributed by atoms with Crippen LogP contribution in [-0.2, 0) is 9.59 Å². The van der Waals surface area contributed by atoms with E-state index in [1.54, 1.807) is 13.0 Å². The molecule has 2 rings (SSSR count). The van der Waals surface area contributed by atoms with Crippen LogP contribution in [0.2, 0.25) is 0 Å². The Kier molecular flexibility index (Phi) is 13.8. The van der Waals surface area contributed by atoms with E-state index in [1.807, 2.05) is 20.8 Å². The number of hydrogen-bond acceptors (Lipinski definition) is 7. The van der Waals surface area contributed by atoms with Gasteiger partial charge >= 0.3 is 5.85 Å². The first-order valence-corrected chi connectivity index (χ1v) is 12.9. The van der Waals surface area contributed by atoms with Gasteiger partial charge in [-0.2, -0.15) is 8.78 Å². The molecule has 0 aliphatic rings. The Balaban J connectivity index is 0.000000724. The molecule has 2 aromatic rings. The van der Waals surface area contributed by atoms with Gasteiger partial charge in [0.05, 0.1) is 11.3 Å². The molecule has 2 atom stereocenters. The molecule has 12 heteroatoms. The third kappa shape index (κ3) is 11.1. The standard InChI is InChI=1S/C20H25F2N4O3P.C7H11FO/c1-3-12(4-2)18(23)17-15(26-16(28)11-27)9-10-24-19(17)25-13-5-7-14(8-6-13)29-20(21,22)30;1-4-5(2)7(9)6(3)8/h5-10,12,23,27H,3-4,11,30H2,1-2H3,(H2,24,25,26,28);5H,3-4H2,1-2H3. The fraction of sp³-hybridized carbons (Fsp3) is 0.407. The summed E-state index contributed by atoms with van der Waals surface area (Å²) in [4.78, 5) is 26.6. The minimum atomic E-state index is -3.37. The number of ether oxygens (including phenoxy) is 1. The number of anilines is 3. The zero-order valence-electron chi connectivity index (χ0n) is 22.5. The maximum Gasteiger partial charge on any atom is 0.408 e. The lowest BCUT2D eigenvalue weighted by Crippen LogP contribution is -2.22. The quantitative estimate of drug-likeness (QED) is 0.125. The third-order valence-electron chi connectivity index (χ3n) is 5.73. The van der Waals surface area contributed by atoms with Crippen molar-refractivity contribution in [1.29, 1.82) is 5.41 Å². The molecule has 214 valence electrons. The first-order valence-electron chi connectivity index (χ1n) is 12.4. The Hall–Kier alpha value is -3.30. The number of hydrogen-bond donors (Lipinski definition) is 4. The number of aliphatic hydroxyl groups excluding tert-OH is 1. The van der Waals surface area contributed by atoms with Gasteiger partial charge in [-0.05, 0) is 58.8 Å². The van der Waals surface area contributed by atoms with Gasteiger partial charge in [0.15, 0.2) is 11.6 Å². The lowest BCUT2D eigenvalue weighted by atomic mass is 9.91. The smallest absolute Gasteiger partial charge is 0.408 e. The average Bonchev–Trinajstić information content (AvgIpc) is 2.89. The number of pyridine rings is 1. The van der Waals surface area contributed by atoms with E-state index in [2.05, 4.69) is 26.9 Å². The SMILES string of the molecule is C=C(F)C(=O)C(C)CC.CCC(CC)C(=N)c1c(NC(=O)CO)ccnc1Nc1ccc(OC(F)(F)P)cc1. The summed E-state index contributed by atoms with van der Waals surface area (Å²) in [6.07, 6.45) is 3.59. The number of halogens is 3. The molecular weight excluding hydrogens is 532 g/mol. The van der Waals surface area contributed by atoms with E-state index in [4.69, 9.17) is 10.5 Å². The van der Waals surface area contributed by atoms with E-state index in [1.165, 1.54) is 39.7 Å². The predicted molar refractivity (Wildman–Crippen MR) is 151 cm³/mol. The van der Waals surface area contributed by atoms with Gasteiger partial charge in [0.2, 0.25) is 5.91 Å². The number of aliphatic hydroxyl groups is 1. The lowest BCUT2D eigenvalue weighted by molar-refractivity contribution is -0.120. The number of benzene rings is 1. The highest BCUT2D eigenvalue weighted by Crippen LogP contribution is 2.31. The highest BCUT2D eigenvalue weighted by Gasteiger charge is 2.24. The van der Waals surface area contributed by atoms with Crippen molar-refractivity contribution in [2.45, 2.75) is 52.8 Å². The van der Waals surface area contributed by atoms with Crippen LogP contribution in [0.25, 0.3) is 0 Å². The summed E-state index contributed by atoms with van der Waals surface area (Å²) in [6.45, 7) is 9.69. The second-order valence-corrected chi connectivity index (χ2v) is 9.28. The van der Waals surface area contributed by atoms with Crippen LogP contribution in [-0.4, -0.2) is 39.9 Å². The van der Waals surface area contributed by atoms with Crippen molar-refractivity contribution in [3.63, 3.8) is 0 Å². The lowest BCUT2D eigenvalue weighted by Gasteiger charge is -2.21. The molecule has 1 heterocycles. The maximum absolute atomic E-state index is 13.0. The van der Waals surface area contributed by atoms with Crippen LogP contribution >= 0.6 is 9.24 Å². The first-order chi connectivity index (χ1) is 18.3. The second-order valence-electron chi connectivity index (χ2n) is 8.61. The summed E-state index contributed by atoms with van der Waals surface area (Å²) < 4.78 is 42.4. The zero-order chi connectivity index (χ0) is 29.8. The summed E-state index contributed by atoms with van der Waals surface area (Å²) in [5, 5.41) is 23.4. The third-order valence-corrected chi connectivity index (χ3v) is 5.85. The van der Waals surface area contributed by atoms with Crippen LogP contribution in [0.4, 0.5) is 30.4 Å². The fourth-order valence-corrected chi connectivity index (χ4v) is 3.51. The molecule has 1 aromatic carbocycles. The molecular formula is C27H36F3N4O4P. The summed E-state index contributed by atoms with van der Waals surface area (Å²) in [6, 6.07) is 7.39. The second kappa shape index (κ2) is 16.0. The van der Waals surface area contributed by atoms with Crippen LogP contribution in [0.3, 0.4) is 0 Å². The minimum Gasteiger partial charge on any atom is -0.430 e. The number of Topliss-reactive ketones (excluding diaryl/α,β-unsaturated/α-hetero) is 1. The van der Waals surface area contributed by atoms with Crippen LogP contribution in [0.1, 0.15) is 52.5 Å². The van der Waals surface area contributed by atoms with Crippen molar-refractivity contribution in [3.05, 3.63) is 54.5 Å². The predicted octanol–water partition coefficient (Wildman–Crippen LogP) is 6.45. The molecule has 0 aliphatic heterocycles. The Morgan fingerprint density at radius 3 is 2.18 bits per heavy atom. The fourth-order valence-electron chi connectivity index (χ4n) is 3.38.